The quantitative estimate of drug-likeness (QED) is 0.814. The van der Waals surface area contributed by atoms with E-state index >= 15 is 0 Å². The van der Waals surface area contributed by atoms with Crippen molar-refractivity contribution < 1.29 is 4.42 Å². The number of hydrogen-bond acceptors (Lipinski definition) is 2. The van der Waals surface area contributed by atoms with Crippen LogP contribution in [0.2, 0.25) is 5.02 Å². The third-order valence-corrected chi connectivity index (χ3v) is 4.57. The molecule has 0 fully saturated rings. The van der Waals surface area contributed by atoms with E-state index in [0.717, 1.165) is 23.2 Å². The van der Waals surface area contributed by atoms with Gasteiger partial charge in [0.1, 0.15) is 5.76 Å². The minimum absolute atomic E-state index is 0.215. The Morgan fingerprint density at radius 3 is 2.55 bits per heavy atom. The number of halogens is 1. The second-order valence-corrected chi connectivity index (χ2v) is 7.06. The van der Waals surface area contributed by atoms with Crippen LogP contribution in [0.1, 0.15) is 45.9 Å². The van der Waals surface area contributed by atoms with Crippen LogP contribution in [-0.4, -0.2) is 7.05 Å². The number of benzene rings is 1. The first-order valence-corrected chi connectivity index (χ1v) is 7.56. The Morgan fingerprint density at radius 2 is 2.00 bits per heavy atom. The van der Waals surface area contributed by atoms with Crippen LogP contribution in [-0.2, 0) is 0 Å². The molecule has 0 spiro atoms. The van der Waals surface area contributed by atoms with Crippen molar-refractivity contribution in [3.63, 3.8) is 0 Å². The van der Waals surface area contributed by atoms with Crippen LogP contribution in [0.25, 0.3) is 11.0 Å². The molecule has 110 valence electrons. The van der Waals surface area contributed by atoms with Crippen molar-refractivity contribution in [3.05, 3.63) is 35.0 Å². The van der Waals surface area contributed by atoms with E-state index in [1.54, 1.807) is 0 Å². The maximum Gasteiger partial charge on any atom is 0.152 e. The van der Waals surface area contributed by atoms with Gasteiger partial charge in [-0.25, -0.2) is 0 Å². The first-order valence-electron chi connectivity index (χ1n) is 7.18. The Labute approximate surface area is 126 Å². The summed E-state index contributed by atoms with van der Waals surface area (Å²) in [5, 5.41) is 5.10. The second-order valence-electron chi connectivity index (χ2n) is 6.65. The van der Waals surface area contributed by atoms with Gasteiger partial charge in [-0.3, -0.25) is 0 Å². The average molecular weight is 294 g/mol. The van der Waals surface area contributed by atoms with Gasteiger partial charge >= 0.3 is 0 Å². The largest absolute Gasteiger partial charge is 0.458 e. The summed E-state index contributed by atoms with van der Waals surface area (Å²) in [5.41, 5.74) is 1.08. The molecule has 0 aliphatic carbocycles. The van der Waals surface area contributed by atoms with E-state index in [9.17, 15) is 0 Å². The summed E-state index contributed by atoms with van der Waals surface area (Å²) < 4.78 is 5.97. The van der Waals surface area contributed by atoms with Crippen molar-refractivity contribution in [1.29, 1.82) is 0 Å². The molecular formula is C17H24ClNO. The third kappa shape index (κ3) is 3.18. The number of fused-ring (bicyclic) bond motifs is 1. The zero-order valence-electron chi connectivity index (χ0n) is 13.0. The van der Waals surface area contributed by atoms with Crippen LogP contribution in [0.5, 0.6) is 0 Å². The summed E-state index contributed by atoms with van der Waals surface area (Å²) in [6.45, 7) is 9.12. The number of furan rings is 1. The molecule has 1 N–H and O–H groups in total. The highest BCUT2D eigenvalue weighted by molar-refractivity contribution is 6.34. The molecule has 0 aliphatic heterocycles. The van der Waals surface area contributed by atoms with Crippen LogP contribution in [0.15, 0.2) is 28.7 Å². The molecule has 2 unspecified atom stereocenters. The zero-order chi connectivity index (χ0) is 14.9. The zero-order valence-corrected chi connectivity index (χ0v) is 13.7. The minimum atomic E-state index is 0.215. The van der Waals surface area contributed by atoms with Crippen LogP contribution in [0.4, 0.5) is 0 Å². The maximum absolute atomic E-state index is 6.18. The van der Waals surface area contributed by atoms with Gasteiger partial charge in [0.15, 0.2) is 5.58 Å². The molecule has 0 saturated carbocycles. The van der Waals surface area contributed by atoms with Gasteiger partial charge in [0.05, 0.1) is 11.1 Å². The van der Waals surface area contributed by atoms with Crippen LogP contribution < -0.4 is 5.32 Å². The second kappa shape index (κ2) is 5.79. The van der Waals surface area contributed by atoms with Crippen molar-refractivity contribution in [2.45, 2.75) is 40.2 Å². The lowest BCUT2D eigenvalue weighted by Crippen LogP contribution is -2.25. The average Bonchev–Trinajstić information content (AvgIpc) is 2.79. The molecule has 2 rings (SSSR count). The van der Waals surface area contributed by atoms with Crippen molar-refractivity contribution >= 4 is 22.6 Å². The number of nitrogens with one attached hydrogen (secondary N) is 1. The lowest BCUT2D eigenvalue weighted by Gasteiger charge is -2.30. The Kier molecular flexibility index (Phi) is 4.46. The summed E-state index contributed by atoms with van der Waals surface area (Å²) in [6, 6.07) is 8.17. The lowest BCUT2D eigenvalue weighted by molar-refractivity contribution is 0.218. The Hall–Kier alpha value is -0.990. The molecule has 0 radical (unpaired) electrons. The predicted molar refractivity (Wildman–Crippen MR) is 86.3 cm³/mol. The highest BCUT2D eigenvalue weighted by Crippen LogP contribution is 2.36. The van der Waals surface area contributed by atoms with E-state index in [2.05, 4.69) is 39.1 Å². The number of rotatable bonds is 4. The van der Waals surface area contributed by atoms with E-state index in [0.29, 0.717) is 16.4 Å². The van der Waals surface area contributed by atoms with Crippen molar-refractivity contribution in [1.82, 2.24) is 5.32 Å². The van der Waals surface area contributed by atoms with Gasteiger partial charge in [-0.05, 0) is 36.9 Å². The van der Waals surface area contributed by atoms with E-state index in [-0.39, 0.29) is 6.04 Å². The molecule has 1 aromatic carbocycles. The summed E-state index contributed by atoms with van der Waals surface area (Å²) >= 11 is 6.18. The normalized spacial score (nSPS) is 15.5. The van der Waals surface area contributed by atoms with Gasteiger partial charge in [-0.2, -0.15) is 0 Å². The topological polar surface area (TPSA) is 25.2 Å². The van der Waals surface area contributed by atoms with E-state index in [1.165, 1.54) is 0 Å². The van der Waals surface area contributed by atoms with Crippen molar-refractivity contribution in [2.24, 2.45) is 11.3 Å². The SMILES string of the molecule is CNC(CC(C)C(C)(C)C)c1cc2cccc(Cl)c2o1. The Morgan fingerprint density at radius 1 is 1.30 bits per heavy atom. The Balaban J connectivity index is 2.28. The summed E-state index contributed by atoms with van der Waals surface area (Å²) in [4.78, 5) is 0. The lowest BCUT2D eigenvalue weighted by atomic mass is 9.78. The molecule has 1 heterocycles. The van der Waals surface area contributed by atoms with Gasteiger partial charge in [0.25, 0.3) is 0 Å². The van der Waals surface area contributed by atoms with Crippen molar-refractivity contribution in [2.75, 3.05) is 7.05 Å². The molecule has 0 amide bonds. The van der Waals surface area contributed by atoms with Gasteiger partial charge in [-0.1, -0.05) is 51.4 Å². The highest BCUT2D eigenvalue weighted by Gasteiger charge is 2.25. The predicted octanol–water partition coefficient (Wildman–Crippen LogP) is 5.42. The van der Waals surface area contributed by atoms with Gasteiger partial charge in [0.2, 0.25) is 0 Å². The van der Waals surface area contributed by atoms with E-state index in [1.807, 2.05) is 25.2 Å². The minimum Gasteiger partial charge on any atom is -0.458 e. The molecule has 3 heteroatoms. The fourth-order valence-corrected chi connectivity index (χ4v) is 2.52. The fraction of sp³-hybridized carbons (Fsp3) is 0.529. The van der Waals surface area contributed by atoms with Crippen molar-refractivity contribution in [3.8, 4) is 0 Å². The van der Waals surface area contributed by atoms with Crippen LogP contribution in [0, 0.1) is 11.3 Å². The third-order valence-electron chi connectivity index (χ3n) is 4.27. The molecule has 0 saturated heterocycles. The standard InChI is InChI=1S/C17H24ClNO/c1-11(17(2,3)4)9-14(19-5)15-10-12-7-6-8-13(18)16(12)20-15/h6-8,10-11,14,19H,9H2,1-5H3. The molecular weight excluding hydrogens is 270 g/mol. The monoisotopic (exact) mass is 293 g/mol. The first-order chi connectivity index (χ1) is 9.32. The summed E-state index contributed by atoms with van der Waals surface area (Å²) in [5.74, 6) is 1.55. The maximum atomic E-state index is 6.18. The molecule has 2 aromatic rings. The fourth-order valence-electron chi connectivity index (χ4n) is 2.30. The summed E-state index contributed by atoms with van der Waals surface area (Å²) in [7, 11) is 1.98. The molecule has 0 aliphatic rings. The molecule has 2 nitrogen and oxygen atoms in total. The number of hydrogen-bond donors (Lipinski definition) is 1. The smallest absolute Gasteiger partial charge is 0.152 e. The Bertz CT molecular complexity index is 582. The summed E-state index contributed by atoms with van der Waals surface area (Å²) in [6.07, 6.45) is 1.04. The first kappa shape index (κ1) is 15.4. The van der Waals surface area contributed by atoms with E-state index < -0.39 is 0 Å². The highest BCUT2D eigenvalue weighted by atomic mass is 35.5. The van der Waals surface area contributed by atoms with E-state index in [4.69, 9.17) is 16.0 Å². The molecule has 1 aromatic heterocycles. The van der Waals surface area contributed by atoms with Gasteiger partial charge in [-0.15, -0.1) is 0 Å². The molecule has 0 bridgehead atoms. The van der Waals surface area contributed by atoms with Crippen LogP contribution >= 0.6 is 11.6 Å². The van der Waals surface area contributed by atoms with Gasteiger partial charge in [0, 0.05) is 5.39 Å². The molecule has 2 atom stereocenters. The number of para-hydroxylation sites is 1. The van der Waals surface area contributed by atoms with Gasteiger partial charge < -0.3 is 9.73 Å². The molecule has 20 heavy (non-hydrogen) atoms. The van der Waals surface area contributed by atoms with Crippen LogP contribution in [0.3, 0.4) is 0 Å².